The fourth-order valence-corrected chi connectivity index (χ4v) is 4.54. The van der Waals surface area contributed by atoms with Crippen molar-refractivity contribution in [1.29, 1.82) is 0 Å². The Morgan fingerprint density at radius 1 is 1.33 bits per heavy atom. The van der Waals surface area contributed by atoms with Crippen molar-refractivity contribution in [2.24, 2.45) is 5.92 Å². The summed E-state index contributed by atoms with van der Waals surface area (Å²) < 4.78 is 0. The molecule has 1 N–H and O–H groups in total. The maximum Gasteiger partial charge on any atom is 0.225 e. The zero-order valence-electron chi connectivity index (χ0n) is 13.1. The van der Waals surface area contributed by atoms with E-state index in [0.717, 1.165) is 32.4 Å². The van der Waals surface area contributed by atoms with E-state index in [9.17, 15) is 4.79 Å². The molecule has 21 heavy (non-hydrogen) atoms. The molecule has 4 heteroatoms. The van der Waals surface area contributed by atoms with Crippen LogP contribution in [-0.4, -0.2) is 29.9 Å². The first-order valence-corrected chi connectivity index (χ1v) is 9.06. The molecule has 1 aromatic heterocycles. The van der Waals surface area contributed by atoms with Gasteiger partial charge in [0.2, 0.25) is 5.91 Å². The largest absolute Gasteiger partial charge is 0.341 e. The van der Waals surface area contributed by atoms with Crippen LogP contribution in [0.2, 0.25) is 0 Å². The summed E-state index contributed by atoms with van der Waals surface area (Å²) in [6.07, 6.45) is 5.78. The molecule has 2 aliphatic rings. The summed E-state index contributed by atoms with van der Waals surface area (Å²) in [4.78, 5) is 17.3. The van der Waals surface area contributed by atoms with Gasteiger partial charge in [0.25, 0.3) is 0 Å². The topological polar surface area (TPSA) is 32.3 Å². The van der Waals surface area contributed by atoms with Crippen LogP contribution in [-0.2, 0) is 4.79 Å². The van der Waals surface area contributed by atoms with Crippen molar-refractivity contribution in [2.45, 2.75) is 58.0 Å². The second-order valence-corrected chi connectivity index (χ2v) is 7.91. The van der Waals surface area contributed by atoms with Gasteiger partial charge in [0, 0.05) is 40.8 Å². The van der Waals surface area contributed by atoms with Gasteiger partial charge in [-0.05, 0) is 45.2 Å². The quantitative estimate of drug-likeness (QED) is 0.923. The SMILES string of the molecule is Cc1ccc([C@H](C)N[C@H]2CCN(C(=O)C3CCCC3)C2)s1. The van der Waals surface area contributed by atoms with Gasteiger partial charge in [0.1, 0.15) is 0 Å². The fourth-order valence-electron chi connectivity index (χ4n) is 3.65. The standard InChI is InChI=1S/C17H26N2OS/c1-12-7-8-16(21-12)13(2)18-15-9-10-19(11-15)17(20)14-5-3-4-6-14/h7-8,13-15,18H,3-6,9-11H2,1-2H3/t13-,15-/m0/s1. The summed E-state index contributed by atoms with van der Waals surface area (Å²) in [5.74, 6) is 0.734. The van der Waals surface area contributed by atoms with E-state index in [1.54, 1.807) is 0 Å². The third-order valence-corrected chi connectivity index (χ3v) is 6.06. The number of likely N-dealkylation sites (tertiary alicyclic amines) is 1. The summed E-state index contributed by atoms with van der Waals surface area (Å²) >= 11 is 1.86. The molecule has 1 aliphatic carbocycles. The molecule has 3 rings (SSSR count). The first kappa shape index (κ1) is 15.0. The van der Waals surface area contributed by atoms with Crippen LogP contribution < -0.4 is 5.32 Å². The molecule has 2 fully saturated rings. The lowest BCUT2D eigenvalue weighted by atomic mass is 10.1. The maximum absolute atomic E-state index is 12.5. The number of carbonyl (C=O) groups excluding carboxylic acids is 1. The molecule has 2 atom stereocenters. The van der Waals surface area contributed by atoms with E-state index in [1.807, 2.05) is 11.3 Å². The van der Waals surface area contributed by atoms with Crippen molar-refractivity contribution in [3.05, 3.63) is 21.9 Å². The second-order valence-electron chi connectivity index (χ2n) is 6.59. The minimum Gasteiger partial charge on any atom is -0.341 e. The van der Waals surface area contributed by atoms with E-state index in [4.69, 9.17) is 0 Å². The third-order valence-electron chi connectivity index (χ3n) is 4.88. The van der Waals surface area contributed by atoms with Crippen LogP contribution in [0.1, 0.15) is 54.8 Å². The summed E-state index contributed by atoms with van der Waals surface area (Å²) in [5.41, 5.74) is 0. The molecule has 3 nitrogen and oxygen atoms in total. The highest BCUT2D eigenvalue weighted by Crippen LogP contribution is 2.28. The van der Waals surface area contributed by atoms with Crippen LogP contribution >= 0.6 is 11.3 Å². The highest BCUT2D eigenvalue weighted by Gasteiger charge is 2.32. The molecule has 0 unspecified atom stereocenters. The molecule has 1 saturated heterocycles. The van der Waals surface area contributed by atoms with Gasteiger partial charge in [0.15, 0.2) is 0 Å². The Balaban J connectivity index is 1.51. The minimum absolute atomic E-state index is 0.320. The van der Waals surface area contributed by atoms with Crippen molar-refractivity contribution in [2.75, 3.05) is 13.1 Å². The maximum atomic E-state index is 12.5. The lowest BCUT2D eigenvalue weighted by Crippen LogP contribution is -2.38. The van der Waals surface area contributed by atoms with Gasteiger partial charge < -0.3 is 10.2 Å². The number of nitrogens with zero attached hydrogens (tertiary/aromatic N) is 1. The van der Waals surface area contributed by atoms with E-state index in [-0.39, 0.29) is 0 Å². The molecule has 1 aromatic rings. The average Bonchev–Trinajstić information content (AvgIpc) is 3.18. The molecule has 116 valence electrons. The van der Waals surface area contributed by atoms with Gasteiger partial charge in [-0.15, -0.1) is 11.3 Å². The van der Waals surface area contributed by atoms with E-state index in [0.29, 0.717) is 23.9 Å². The number of thiophene rings is 1. The Kier molecular flexibility index (Phi) is 4.65. The molecular weight excluding hydrogens is 280 g/mol. The average molecular weight is 306 g/mol. The molecule has 1 amide bonds. The predicted molar refractivity (Wildman–Crippen MR) is 87.5 cm³/mol. The van der Waals surface area contributed by atoms with E-state index in [2.05, 4.69) is 36.2 Å². The van der Waals surface area contributed by atoms with Crippen LogP contribution in [0.15, 0.2) is 12.1 Å². The molecular formula is C17H26N2OS. The molecule has 2 heterocycles. The highest BCUT2D eigenvalue weighted by molar-refractivity contribution is 7.12. The summed E-state index contributed by atoms with van der Waals surface area (Å²) in [5, 5.41) is 3.70. The Bertz CT molecular complexity index is 493. The van der Waals surface area contributed by atoms with E-state index < -0.39 is 0 Å². The number of aryl methyl sites for hydroxylation is 1. The van der Waals surface area contributed by atoms with Crippen LogP contribution in [0, 0.1) is 12.8 Å². The van der Waals surface area contributed by atoms with Gasteiger partial charge in [-0.2, -0.15) is 0 Å². The molecule has 1 saturated carbocycles. The first-order valence-electron chi connectivity index (χ1n) is 8.24. The molecule has 0 radical (unpaired) electrons. The minimum atomic E-state index is 0.320. The molecule has 0 aromatic carbocycles. The monoisotopic (exact) mass is 306 g/mol. The number of rotatable bonds is 4. The zero-order valence-corrected chi connectivity index (χ0v) is 13.9. The Morgan fingerprint density at radius 2 is 2.10 bits per heavy atom. The van der Waals surface area contributed by atoms with Gasteiger partial charge in [-0.1, -0.05) is 12.8 Å². The second kappa shape index (κ2) is 6.49. The van der Waals surface area contributed by atoms with Gasteiger partial charge in [0.05, 0.1) is 0 Å². The molecule has 1 aliphatic heterocycles. The zero-order chi connectivity index (χ0) is 14.8. The van der Waals surface area contributed by atoms with Gasteiger partial charge in [-0.3, -0.25) is 4.79 Å². The van der Waals surface area contributed by atoms with Gasteiger partial charge >= 0.3 is 0 Å². The number of hydrogen-bond donors (Lipinski definition) is 1. The first-order chi connectivity index (χ1) is 10.1. The number of amides is 1. The summed E-state index contributed by atoms with van der Waals surface area (Å²) in [6, 6.07) is 5.24. The van der Waals surface area contributed by atoms with Crippen molar-refractivity contribution in [3.63, 3.8) is 0 Å². The predicted octanol–water partition coefficient (Wildman–Crippen LogP) is 3.50. The van der Waals surface area contributed by atoms with E-state index in [1.165, 1.54) is 22.6 Å². The summed E-state index contributed by atoms with van der Waals surface area (Å²) in [6.45, 7) is 6.21. The third kappa shape index (κ3) is 3.49. The van der Waals surface area contributed by atoms with Crippen molar-refractivity contribution < 1.29 is 4.79 Å². The normalized spacial score (nSPS) is 24.7. The Morgan fingerprint density at radius 3 is 2.76 bits per heavy atom. The smallest absolute Gasteiger partial charge is 0.225 e. The van der Waals surface area contributed by atoms with E-state index >= 15 is 0 Å². The summed E-state index contributed by atoms with van der Waals surface area (Å²) in [7, 11) is 0. The Labute approximate surface area is 131 Å². The fraction of sp³-hybridized carbons (Fsp3) is 0.706. The lowest BCUT2D eigenvalue weighted by molar-refractivity contribution is -0.134. The van der Waals surface area contributed by atoms with Crippen LogP contribution in [0.5, 0.6) is 0 Å². The number of nitrogens with one attached hydrogen (secondary N) is 1. The molecule has 0 bridgehead atoms. The van der Waals surface area contributed by atoms with Crippen molar-refractivity contribution in [1.82, 2.24) is 10.2 Å². The highest BCUT2D eigenvalue weighted by atomic mass is 32.1. The van der Waals surface area contributed by atoms with Crippen LogP contribution in [0.4, 0.5) is 0 Å². The van der Waals surface area contributed by atoms with Crippen molar-refractivity contribution in [3.8, 4) is 0 Å². The van der Waals surface area contributed by atoms with Crippen LogP contribution in [0.25, 0.3) is 0 Å². The Hall–Kier alpha value is -0.870. The number of carbonyl (C=O) groups is 1. The lowest BCUT2D eigenvalue weighted by Gasteiger charge is -2.22. The molecule has 0 spiro atoms. The van der Waals surface area contributed by atoms with Crippen molar-refractivity contribution >= 4 is 17.2 Å². The van der Waals surface area contributed by atoms with Crippen LogP contribution in [0.3, 0.4) is 0 Å². The number of hydrogen-bond acceptors (Lipinski definition) is 3. The van der Waals surface area contributed by atoms with Gasteiger partial charge in [-0.25, -0.2) is 0 Å².